The van der Waals surface area contributed by atoms with Crippen LogP contribution in [0, 0.1) is 18.7 Å². The van der Waals surface area contributed by atoms with Gasteiger partial charge in [-0.05, 0) is 49.9 Å². The average Bonchev–Trinajstić information content (AvgIpc) is 3.13. The maximum Gasteiger partial charge on any atom is 0.319 e. The van der Waals surface area contributed by atoms with Crippen molar-refractivity contribution in [3.8, 4) is 5.88 Å². The van der Waals surface area contributed by atoms with Crippen LogP contribution < -0.4 is 21.1 Å². The molecule has 1 saturated heterocycles. The number of morpholine rings is 1. The smallest absolute Gasteiger partial charge is 0.319 e. The van der Waals surface area contributed by atoms with Crippen molar-refractivity contribution in [2.45, 2.75) is 46.5 Å². The van der Waals surface area contributed by atoms with Crippen molar-refractivity contribution < 1.29 is 23.5 Å². The minimum absolute atomic E-state index is 0.0444. The average molecular weight is 494 g/mol. The fraction of sp³-hybridized carbons (Fsp3) is 0.522. The highest BCUT2D eigenvalue weighted by atomic mass is 32.1. The van der Waals surface area contributed by atoms with Crippen LogP contribution in [-0.4, -0.2) is 59.6 Å². The van der Waals surface area contributed by atoms with Crippen LogP contribution >= 0.6 is 11.5 Å². The Morgan fingerprint density at radius 2 is 2.06 bits per heavy atom. The number of primary amides is 1. The van der Waals surface area contributed by atoms with Crippen LogP contribution in [0.3, 0.4) is 0 Å². The van der Waals surface area contributed by atoms with E-state index in [1.165, 1.54) is 6.07 Å². The molecule has 1 aliphatic rings. The molecule has 0 radical (unpaired) electrons. The predicted molar refractivity (Wildman–Crippen MR) is 129 cm³/mol. The number of rotatable bonds is 9. The van der Waals surface area contributed by atoms with E-state index in [9.17, 15) is 14.0 Å². The summed E-state index contributed by atoms with van der Waals surface area (Å²) in [5, 5.41) is 5.61. The van der Waals surface area contributed by atoms with E-state index in [4.69, 9.17) is 15.2 Å². The van der Waals surface area contributed by atoms with Gasteiger partial charge in [-0.25, -0.2) is 9.18 Å². The number of anilines is 1. The monoisotopic (exact) mass is 493 g/mol. The normalized spacial score (nSPS) is 19.4. The Labute approximate surface area is 203 Å². The third kappa shape index (κ3) is 7.12. The third-order valence-electron chi connectivity index (χ3n) is 5.38. The number of carbonyl (C=O) groups is 2. The molecule has 186 valence electrons. The first-order chi connectivity index (χ1) is 16.1. The lowest BCUT2D eigenvalue weighted by Crippen LogP contribution is -2.48. The fourth-order valence-electron chi connectivity index (χ4n) is 3.95. The van der Waals surface area contributed by atoms with Gasteiger partial charge in [-0.2, -0.15) is 4.37 Å². The minimum Gasteiger partial charge on any atom is -0.471 e. The summed E-state index contributed by atoms with van der Waals surface area (Å²) in [6.07, 6.45) is 0.370. The Kier molecular flexibility index (Phi) is 8.81. The molecule has 3 unspecified atom stereocenters. The number of nitrogens with one attached hydrogen (secondary N) is 2. The topological polar surface area (TPSA) is 119 Å². The first kappa shape index (κ1) is 25.9. The SMILES string of the molecule is Cc1ccc(COc2nsc(NC(=O)NCC(C)CN3CC(C)OC(C)C3)c2C(N)=O)c(F)c1. The zero-order valence-corrected chi connectivity index (χ0v) is 20.7. The van der Waals surface area contributed by atoms with Crippen molar-refractivity contribution >= 4 is 28.5 Å². The zero-order chi connectivity index (χ0) is 24.8. The van der Waals surface area contributed by atoms with Gasteiger partial charge in [0.05, 0.1) is 12.2 Å². The lowest BCUT2D eigenvalue weighted by atomic mass is 10.1. The van der Waals surface area contributed by atoms with Gasteiger partial charge in [0, 0.05) is 31.7 Å². The second kappa shape index (κ2) is 11.6. The number of nitrogens with two attached hydrogens (primary N) is 1. The lowest BCUT2D eigenvalue weighted by Gasteiger charge is -2.36. The highest BCUT2D eigenvalue weighted by Crippen LogP contribution is 2.31. The van der Waals surface area contributed by atoms with Gasteiger partial charge in [0.15, 0.2) is 0 Å². The Morgan fingerprint density at radius 3 is 2.71 bits per heavy atom. The van der Waals surface area contributed by atoms with Crippen molar-refractivity contribution in [2.75, 3.05) is 31.5 Å². The van der Waals surface area contributed by atoms with E-state index in [0.29, 0.717) is 12.1 Å². The molecule has 1 aromatic carbocycles. The van der Waals surface area contributed by atoms with Crippen LogP contribution in [0.4, 0.5) is 14.2 Å². The van der Waals surface area contributed by atoms with E-state index in [1.807, 2.05) is 0 Å². The summed E-state index contributed by atoms with van der Waals surface area (Å²) in [6, 6.07) is 4.29. The largest absolute Gasteiger partial charge is 0.471 e. The van der Waals surface area contributed by atoms with Crippen molar-refractivity contribution in [2.24, 2.45) is 11.7 Å². The van der Waals surface area contributed by atoms with Crippen molar-refractivity contribution in [3.05, 3.63) is 40.7 Å². The molecule has 0 bridgehead atoms. The number of carbonyl (C=O) groups excluding carboxylic acids is 2. The van der Waals surface area contributed by atoms with E-state index in [1.54, 1.807) is 19.1 Å². The summed E-state index contributed by atoms with van der Waals surface area (Å²) >= 11 is 0.874. The van der Waals surface area contributed by atoms with Gasteiger partial charge >= 0.3 is 6.03 Å². The Morgan fingerprint density at radius 1 is 1.35 bits per heavy atom. The number of aromatic nitrogens is 1. The molecule has 1 aliphatic heterocycles. The molecule has 1 fully saturated rings. The van der Waals surface area contributed by atoms with Crippen LogP contribution in [0.15, 0.2) is 18.2 Å². The molecule has 11 heteroatoms. The second-order valence-electron chi connectivity index (χ2n) is 8.86. The van der Waals surface area contributed by atoms with Crippen LogP contribution in [0.5, 0.6) is 5.88 Å². The maximum absolute atomic E-state index is 14.1. The number of benzene rings is 1. The summed E-state index contributed by atoms with van der Waals surface area (Å²) in [7, 11) is 0. The Bertz CT molecular complexity index is 1010. The van der Waals surface area contributed by atoms with E-state index in [0.717, 1.165) is 36.7 Å². The molecule has 3 atom stereocenters. The van der Waals surface area contributed by atoms with Gasteiger partial charge in [0.1, 0.15) is 23.0 Å². The van der Waals surface area contributed by atoms with Gasteiger partial charge in [-0.3, -0.25) is 15.0 Å². The molecule has 1 aromatic heterocycles. The summed E-state index contributed by atoms with van der Waals surface area (Å²) in [6.45, 7) is 10.8. The van der Waals surface area contributed by atoms with Gasteiger partial charge in [0.25, 0.3) is 5.91 Å². The summed E-state index contributed by atoms with van der Waals surface area (Å²) < 4.78 is 29.4. The molecular weight excluding hydrogens is 461 g/mol. The Hall–Kier alpha value is -2.76. The standard InChI is InChI=1S/C23H32FN5O4S/c1-13-5-6-17(18(24)7-13)12-32-21-19(20(25)30)22(34-28-21)27-23(31)26-8-14(2)9-29-10-15(3)33-16(4)11-29/h5-7,14-16H,8-12H2,1-4H3,(H2,25,30)(H2,26,27,31). The second-order valence-corrected chi connectivity index (χ2v) is 9.63. The lowest BCUT2D eigenvalue weighted by molar-refractivity contribution is -0.0707. The molecule has 9 nitrogen and oxygen atoms in total. The van der Waals surface area contributed by atoms with Gasteiger partial charge in [-0.15, -0.1) is 0 Å². The number of ether oxygens (including phenoxy) is 2. The minimum atomic E-state index is -0.799. The number of urea groups is 1. The number of halogens is 1. The van der Waals surface area contributed by atoms with Gasteiger partial charge in [0.2, 0.25) is 5.88 Å². The quantitative estimate of drug-likeness (QED) is 0.494. The van der Waals surface area contributed by atoms with E-state index >= 15 is 0 Å². The number of amides is 3. The molecule has 0 aliphatic carbocycles. The summed E-state index contributed by atoms with van der Waals surface area (Å²) in [5.41, 5.74) is 6.55. The third-order valence-corrected chi connectivity index (χ3v) is 6.13. The molecule has 0 saturated carbocycles. The Balaban J connectivity index is 1.53. The predicted octanol–water partition coefficient (Wildman–Crippen LogP) is 3.14. The molecule has 2 aromatic rings. The van der Waals surface area contributed by atoms with Crippen molar-refractivity contribution in [1.82, 2.24) is 14.6 Å². The number of hydrogen-bond acceptors (Lipinski definition) is 7. The molecule has 0 spiro atoms. The molecule has 2 heterocycles. The number of aryl methyl sites for hydroxylation is 1. The van der Waals surface area contributed by atoms with Gasteiger partial charge in [-0.1, -0.05) is 19.1 Å². The van der Waals surface area contributed by atoms with Crippen LogP contribution in [0.2, 0.25) is 0 Å². The fourth-order valence-corrected chi connectivity index (χ4v) is 4.68. The number of nitrogens with zero attached hydrogens (tertiary/aromatic N) is 2. The van der Waals surface area contributed by atoms with Crippen LogP contribution in [-0.2, 0) is 11.3 Å². The molecule has 34 heavy (non-hydrogen) atoms. The first-order valence-corrected chi connectivity index (χ1v) is 12.0. The van der Waals surface area contributed by atoms with Gasteiger partial charge < -0.3 is 20.5 Å². The highest BCUT2D eigenvalue weighted by molar-refractivity contribution is 7.11. The molecule has 4 N–H and O–H groups in total. The number of hydrogen-bond donors (Lipinski definition) is 3. The van der Waals surface area contributed by atoms with Crippen molar-refractivity contribution in [1.29, 1.82) is 0 Å². The summed E-state index contributed by atoms with van der Waals surface area (Å²) in [4.78, 5) is 26.8. The first-order valence-electron chi connectivity index (χ1n) is 11.2. The van der Waals surface area contributed by atoms with Crippen molar-refractivity contribution in [3.63, 3.8) is 0 Å². The van der Waals surface area contributed by atoms with E-state index in [-0.39, 0.29) is 41.2 Å². The highest BCUT2D eigenvalue weighted by Gasteiger charge is 2.24. The molecule has 3 rings (SSSR count). The molecule has 3 amide bonds. The summed E-state index contributed by atoms with van der Waals surface area (Å²) in [5.74, 6) is -1.05. The maximum atomic E-state index is 14.1. The van der Waals surface area contributed by atoms with E-state index < -0.39 is 17.8 Å². The molecular formula is C23H32FN5O4S. The zero-order valence-electron chi connectivity index (χ0n) is 19.9. The van der Waals surface area contributed by atoms with Crippen LogP contribution in [0.25, 0.3) is 0 Å². The van der Waals surface area contributed by atoms with E-state index in [2.05, 4.69) is 40.7 Å². The van der Waals surface area contributed by atoms with Crippen LogP contribution in [0.1, 0.15) is 42.3 Å².